The van der Waals surface area contributed by atoms with Crippen LogP contribution in [0.4, 0.5) is 10.3 Å². The van der Waals surface area contributed by atoms with E-state index in [4.69, 9.17) is 4.74 Å². The molecule has 5 nitrogen and oxygen atoms in total. The zero-order chi connectivity index (χ0) is 16.8. The quantitative estimate of drug-likeness (QED) is 0.853. The molecule has 24 heavy (non-hydrogen) atoms. The van der Waals surface area contributed by atoms with Gasteiger partial charge in [-0.25, -0.2) is 14.4 Å². The Morgan fingerprint density at radius 3 is 2.50 bits per heavy atom. The van der Waals surface area contributed by atoms with Gasteiger partial charge in [-0.05, 0) is 25.3 Å². The first-order valence-electron chi connectivity index (χ1n) is 8.29. The molecule has 0 aliphatic carbocycles. The van der Waals surface area contributed by atoms with E-state index in [1.54, 1.807) is 0 Å². The Morgan fingerprint density at radius 2 is 1.83 bits per heavy atom. The number of benzene rings is 1. The molecular formula is C18H23FN4O. The highest BCUT2D eigenvalue weighted by Gasteiger charge is 2.34. The average molecular weight is 330 g/mol. The second-order valence-corrected chi connectivity index (χ2v) is 6.25. The molecular weight excluding hydrogens is 307 g/mol. The number of nitrogens with zero attached hydrogens (tertiary/aromatic N) is 2. The van der Waals surface area contributed by atoms with Gasteiger partial charge >= 0.3 is 0 Å². The van der Waals surface area contributed by atoms with Gasteiger partial charge in [0.05, 0.1) is 12.4 Å². The fourth-order valence-electron chi connectivity index (χ4n) is 3.07. The SMILES string of the molecule is C[C@H](NC1(CNc2ncc(F)cn2)CCOCC1)c1ccccc1. The first-order valence-corrected chi connectivity index (χ1v) is 8.29. The van der Waals surface area contributed by atoms with Crippen LogP contribution in [0, 0.1) is 5.82 Å². The Balaban J connectivity index is 1.68. The average Bonchev–Trinajstić information content (AvgIpc) is 2.63. The van der Waals surface area contributed by atoms with Crippen LogP contribution in [0.2, 0.25) is 0 Å². The Hall–Kier alpha value is -2.05. The maximum absolute atomic E-state index is 12.9. The summed E-state index contributed by atoms with van der Waals surface area (Å²) in [6, 6.07) is 10.6. The van der Waals surface area contributed by atoms with E-state index in [-0.39, 0.29) is 11.6 Å². The van der Waals surface area contributed by atoms with Crippen molar-refractivity contribution in [2.45, 2.75) is 31.3 Å². The number of aromatic nitrogens is 2. The van der Waals surface area contributed by atoms with E-state index < -0.39 is 5.82 Å². The minimum atomic E-state index is -0.433. The van der Waals surface area contributed by atoms with Crippen LogP contribution >= 0.6 is 0 Å². The molecule has 1 aliphatic rings. The van der Waals surface area contributed by atoms with Crippen molar-refractivity contribution < 1.29 is 9.13 Å². The van der Waals surface area contributed by atoms with Crippen molar-refractivity contribution in [3.8, 4) is 0 Å². The molecule has 1 aromatic carbocycles. The maximum Gasteiger partial charge on any atom is 0.222 e. The molecule has 0 bridgehead atoms. The van der Waals surface area contributed by atoms with Gasteiger partial charge in [-0.3, -0.25) is 0 Å². The van der Waals surface area contributed by atoms with Crippen molar-refractivity contribution >= 4 is 5.95 Å². The summed E-state index contributed by atoms with van der Waals surface area (Å²) < 4.78 is 18.5. The van der Waals surface area contributed by atoms with Crippen molar-refractivity contribution in [2.24, 2.45) is 0 Å². The first-order chi connectivity index (χ1) is 11.7. The lowest BCUT2D eigenvalue weighted by atomic mass is 9.88. The number of rotatable bonds is 6. The molecule has 1 aliphatic heterocycles. The molecule has 1 atom stereocenters. The number of anilines is 1. The van der Waals surface area contributed by atoms with E-state index in [9.17, 15) is 4.39 Å². The van der Waals surface area contributed by atoms with Crippen LogP contribution in [0.3, 0.4) is 0 Å². The third-order valence-corrected chi connectivity index (χ3v) is 4.48. The first kappa shape index (κ1) is 16.8. The highest BCUT2D eigenvalue weighted by Crippen LogP contribution is 2.25. The van der Waals surface area contributed by atoms with Gasteiger partial charge in [-0.2, -0.15) is 0 Å². The van der Waals surface area contributed by atoms with E-state index >= 15 is 0 Å². The molecule has 0 spiro atoms. The summed E-state index contributed by atoms with van der Waals surface area (Å²) in [5, 5.41) is 6.99. The van der Waals surface area contributed by atoms with Crippen LogP contribution in [0.15, 0.2) is 42.7 Å². The molecule has 6 heteroatoms. The van der Waals surface area contributed by atoms with Gasteiger partial charge in [0, 0.05) is 31.3 Å². The lowest BCUT2D eigenvalue weighted by Crippen LogP contribution is -2.54. The molecule has 0 saturated carbocycles. The molecule has 2 heterocycles. The molecule has 2 N–H and O–H groups in total. The maximum atomic E-state index is 12.9. The van der Waals surface area contributed by atoms with Crippen molar-refractivity contribution in [1.29, 1.82) is 0 Å². The molecule has 3 rings (SSSR count). The van der Waals surface area contributed by atoms with Crippen molar-refractivity contribution in [1.82, 2.24) is 15.3 Å². The number of halogens is 1. The van der Waals surface area contributed by atoms with Gasteiger partial charge in [0.25, 0.3) is 0 Å². The van der Waals surface area contributed by atoms with Crippen molar-refractivity contribution in [2.75, 3.05) is 25.1 Å². The minimum Gasteiger partial charge on any atom is -0.381 e. The highest BCUT2D eigenvalue weighted by atomic mass is 19.1. The monoisotopic (exact) mass is 330 g/mol. The van der Waals surface area contributed by atoms with Crippen LogP contribution in [-0.2, 0) is 4.74 Å². The van der Waals surface area contributed by atoms with Gasteiger partial charge < -0.3 is 15.4 Å². The smallest absolute Gasteiger partial charge is 0.222 e. The molecule has 0 amide bonds. The van der Waals surface area contributed by atoms with Crippen LogP contribution in [0.5, 0.6) is 0 Å². The second-order valence-electron chi connectivity index (χ2n) is 6.25. The summed E-state index contributed by atoms with van der Waals surface area (Å²) in [5.74, 6) is 0.00795. The van der Waals surface area contributed by atoms with E-state index in [2.05, 4.69) is 51.8 Å². The van der Waals surface area contributed by atoms with E-state index in [0.717, 1.165) is 26.1 Å². The Morgan fingerprint density at radius 1 is 1.17 bits per heavy atom. The normalized spacial score (nSPS) is 18.1. The summed E-state index contributed by atoms with van der Waals surface area (Å²) in [5.41, 5.74) is 1.15. The number of hydrogen-bond acceptors (Lipinski definition) is 5. The van der Waals surface area contributed by atoms with Crippen LogP contribution in [0.25, 0.3) is 0 Å². The molecule has 128 valence electrons. The number of hydrogen-bond donors (Lipinski definition) is 2. The van der Waals surface area contributed by atoms with E-state index in [1.807, 2.05) is 6.07 Å². The number of ether oxygens (including phenoxy) is 1. The van der Waals surface area contributed by atoms with E-state index in [1.165, 1.54) is 18.0 Å². The summed E-state index contributed by atoms with van der Waals surface area (Å²) in [6.45, 7) is 4.28. The van der Waals surface area contributed by atoms with Crippen molar-refractivity contribution in [3.63, 3.8) is 0 Å². The summed E-state index contributed by atoms with van der Waals surface area (Å²) >= 11 is 0. The third-order valence-electron chi connectivity index (χ3n) is 4.48. The topological polar surface area (TPSA) is 59.1 Å². The molecule has 1 saturated heterocycles. The predicted molar refractivity (Wildman–Crippen MR) is 91.3 cm³/mol. The van der Waals surface area contributed by atoms with Gasteiger partial charge in [0.15, 0.2) is 5.82 Å². The predicted octanol–water partition coefficient (Wildman–Crippen LogP) is 2.93. The van der Waals surface area contributed by atoms with Gasteiger partial charge in [-0.15, -0.1) is 0 Å². The van der Waals surface area contributed by atoms with E-state index in [0.29, 0.717) is 12.5 Å². The lowest BCUT2D eigenvalue weighted by molar-refractivity contribution is 0.0389. The molecule has 1 fully saturated rings. The van der Waals surface area contributed by atoms with Crippen LogP contribution < -0.4 is 10.6 Å². The Bertz CT molecular complexity index is 629. The Labute approximate surface area is 141 Å². The largest absolute Gasteiger partial charge is 0.381 e. The lowest BCUT2D eigenvalue weighted by Gasteiger charge is -2.40. The third kappa shape index (κ3) is 4.27. The minimum absolute atomic E-state index is 0.106. The molecule has 0 radical (unpaired) electrons. The van der Waals surface area contributed by atoms with Crippen molar-refractivity contribution in [3.05, 3.63) is 54.1 Å². The van der Waals surface area contributed by atoms with Gasteiger partial charge in [-0.1, -0.05) is 30.3 Å². The summed E-state index contributed by atoms with van der Waals surface area (Å²) in [4.78, 5) is 7.95. The standard InChI is InChI=1S/C18H23FN4O/c1-14(15-5-3-2-4-6-15)23-18(7-9-24-10-8-18)13-22-17-20-11-16(19)12-21-17/h2-6,11-12,14,23H,7-10,13H2,1H3,(H,20,21,22)/t14-/m0/s1. The fourth-order valence-corrected chi connectivity index (χ4v) is 3.07. The summed E-state index contributed by atoms with van der Waals surface area (Å²) in [7, 11) is 0. The number of nitrogens with one attached hydrogen (secondary N) is 2. The zero-order valence-corrected chi connectivity index (χ0v) is 13.8. The molecule has 2 aromatic rings. The zero-order valence-electron chi connectivity index (χ0n) is 13.8. The van der Waals surface area contributed by atoms with Crippen LogP contribution in [0.1, 0.15) is 31.4 Å². The molecule has 0 unspecified atom stereocenters. The van der Waals surface area contributed by atoms with Crippen LogP contribution in [-0.4, -0.2) is 35.3 Å². The van der Waals surface area contributed by atoms with Gasteiger partial charge in [0.2, 0.25) is 5.95 Å². The second kappa shape index (κ2) is 7.68. The molecule has 1 aromatic heterocycles. The van der Waals surface area contributed by atoms with Gasteiger partial charge in [0.1, 0.15) is 0 Å². The summed E-state index contributed by atoms with van der Waals surface area (Å²) in [6.07, 6.45) is 4.15. The Kier molecular flexibility index (Phi) is 5.37. The fraction of sp³-hybridized carbons (Fsp3) is 0.444. The highest BCUT2D eigenvalue weighted by molar-refractivity contribution is 5.25.